The van der Waals surface area contributed by atoms with Crippen LogP contribution in [0.3, 0.4) is 0 Å². The van der Waals surface area contributed by atoms with E-state index in [1.54, 1.807) is 32.0 Å². The number of carboxylic acids is 1. The summed E-state index contributed by atoms with van der Waals surface area (Å²) in [6.45, 7) is 3.09. The van der Waals surface area contributed by atoms with E-state index >= 15 is 0 Å². The maximum atomic E-state index is 12.3. The standard InChI is InChI=1S/C16H17N3O5/c1-16(2)15(23)19(8-7-17)11-4-3-10(9-12(11)24-16)18-13(20)5-6-14(21)22/h3-4,9H,5-6,8H2,1-2H3,(H,18,20)(H,21,22). The maximum Gasteiger partial charge on any atom is 0.303 e. The first kappa shape index (κ1) is 17.3. The van der Waals surface area contributed by atoms with Crippen LogP contribution in [-0.4, -0.2) is 35.0 Å². The van der Waals surface area contributed by atoms with Crippen molar-refractivity contribution in [3.63, 3.8) is 0 Å². The number of anilines is 2. The van der Waals surface area contributed by atoms with E-state index in [1.807, 2.05) is 6.07 Å². The first-order valence-corrected chi connectivity index (χ1v) is 7.28. The van der Waals surface area contributed by atoms with Crippen molar-refractivity contribution in [3.8, 4) is 11.8 Å². The van der Waals surface area contributed by atoms with Gasteiger partial charge in [0.2, 0.25) is 5.91 Å². The van der Waals surface area contributed by atoms with E-state index in [0.717, 1.165) is 0 Å². The lowest BCUT2D eigenvalue weighted by Gasteiger charge is -2.37. The number of hydrogen-bond acceptors (Lipinski definition) is 5. The second-order valence-corrected chi connectivity index (χ2v) is 5.79. The summed E-state index contributed by atoms with van der Waals surface area (Å²) < 4.78 is 5.68. The summed E-state index contributed by atoms with van der Waals surface area (Å²) in [6, 6.07) is 6.64. The molecular formula is C16H17N3O5. The Bertz CT molecular complexity index is 736. The Hall–Kier alpha value is -3.08. The molecule has 1 aliphatic rings. The van der Waals surface area contributed by atoms with Crippen molar-refractivity contribution in [3.05, 3.63) is 18.2 Å². The summed E-state index contributed by atoms with van der Waals surface area (Å²) in [5.74, 6) is -1.44. The molecule has 1 aromatic carbocycles. The Morgan fingerprint density at radius 3 is 2.71 bits per heavy atom. The zero-order chi connectivity index (χ0) is 17.9. The molecule has 0 spiro atoms. The van der Waals surface area contributed by atoms with E-state index in [4.69, 9.17) is 15.1 Å². The second-order valence-electron chi connectivity index (χ2n) is 5.79. The Balaban J connectivity index is 2.24. The number of carbonyl (C=O) groups is 3. The Kier molecular flexibility index (Phi) is 4.74. The average molecular weight is 331 g/mol. The van der Waals surface area contributed by atoms with Crippen LogP contribution >= 0.6 is 0 Å². The summed E-state index contributed by atoms with van der Waals surface area (Å²) in [7, 11) is 0. The van der Waals surface area contributed by atoms with Gasteiger partial charge in [0.1, 0.15) is 12.3 Å². The van der Waals surface area contributed by atoms with Gasteiger partial charge in [0.25, 0.3) is 5.91 Å². The molecule has 1 heterocycles. The minimum Gasteiger partial charge on any atom is -0.481 e. The first-order valence-electron chi connectivity index (χ1n) is 7.28. The quantitative estimate of drug-likeness (QED) is 0.789. The van der Waals surface area contributed by atoms with Crippen molar-refractivity contribution in [2.45, 2.75) is 32.3 Å². The molecule has 8 nitrogen and oxygen atoms in total. The molecule has 0 saturated heterocycles. The minimum absolute atomic E-state index is 0.108. The molecule has 2 amide bonds. The van der Waals surface area contributed by atoms with Crippen LogP contribution in [0.15, 0.2) is 18.2 Å². The summed E-state index contributed by atoms with van der Waals surface area (Å²) in [4.78, 5) is 35.9. The first-order chi connectivity index (χ1) is 11.2. The second kappa shape index (κ2) is 6.58. The smallest absolute Gasteiger partial charge is 0.303 e. The number of nitrogens with zero attached hydrogens (tertiary/aromatic N) is 2. The highest BCUT2D eigenvalue weighted by molar-refractivity contribution is 6.03. The lowest BCUT2D eigenvalue weighted by Crippen LogP contribution is -2.52. The fraction of sp³-hybridized carbons (Fsp3) is 0.375. The molecule has 0 aromatic heterocycles. The molecule has 0 fully saturated rings. The fourth-order valence-electron chi connectivity index (χ4n) is 2.32. The van der Waals surface area contributed by atoms with E-state index in [1.165, 1.54) is 4.90 Å². The lowest BCUT2D eigenvalue weighted by molar-refractivity contribution is -0.138. The number of amides is 2. The molecule has 126 valence electrons. The number of hydrogen-bond donors (Lipinski definition) is 2. The van der Waals surface area contributed by atoms with Gasteiger partial charge in [-0.1, -0.05) is 0 Å². The number of carboxylic acid groups (broad SMARTS) is 1. The molecule has 0 aliphatic carbocycles. The van der Waals surface area contributed by atoms with Gasteiger partial charge in [0.15, 0.2) is 5.60 Å². The molecule has 0 unspecified atom stereocenters. The van der Waals surface area contributed by atoms with Gasteiger partial charge in [-0.3, -0.25) is 19.3 Å². The van der Waals surface area contributed by atoms with E-state index in [2.05, 4.69) is 5.32 Å². The third-order valence-electron chi connectivity index (χ3n) is 3.45. The number of benzene rings is 1. The molecule has 1 aromatic rings. The number of aliphatic carboxylic acids is 1. The normalized spacial score (nSPS) is 15.0. The Morgan fingerprint density at radius 1 is 1.38 bits per heavy atom. The van der Waals surface area contributed by atoms with Crippen LogP contribution in [0.25, 0.3) is 0 Å². The van der Waals surface area contributed by atoms with E-state index in [9.17, 15) is 14.4 Å². The number of fused-ring (bicyclic) bond motifs is 1. The summed E-state index contributed by atoms with van der Waals surface area (Å²) in [6.07, 6.45) is -0.400. The van der Waals surface area contributed by atoms with Gasteiger partial charge in [0.05, 0.1) is 18.2 Å². The summed E-state index contributed by atoms with van der Waals surface area (Å²) in [5, 5.41) is 20.1. The van der Waals surface area contributed by atoms with Crippen LogP contribution in [0.2, 0.25) is 0 Å². The third kappa shape index (κ3) is 3.63. The van der Waals surface area contributed by atoms with Gasteiger partial charge in [-0.25, -0.2) is 0 Å². The molecule has 0 bridgehead atoms. The predicted molar refractivity (Wildman–Crippen MR) is 84.6 cm³/mol. The monoisotopic (exact) mass is 331 g/mol. The molecule has 1 aliphatic heterocycles. The Morgan fingerprint density at radius 2 is 2.08 bits per heavy atom. The minimum atomic E-state index is -1.13. The van der Waals surface area contributed by atoms with E-state index < -0.39 is 17.5 Å². The van der Waals surface area contributed by atoms with E-state index in [-0.39, 0.29) is 25.3 Å². The summed E-state index contributed by atoms with van der Waals surface area (Å²) in [5.41, 5.74) is -0.258. The van der Waals surface area contributed by atoms with Crippen molar-refractivity contribution in [1.29, 1.82) is 5.26 Å². The molecule has 0 saturated carbocycles. The molecule has 0 radical (unpaired) electrons. The number of ether oxygens (including phenoxy) is 1. The lowest BCUT2D eigenvalue weighted by atomic mass is 10.0. The van der Waals surface area contributed by atoms with Crippen molar-refractivity contribution in [2.24, 2.45) is 0 Å². The number of carbonyl (C=O) groups excluding carboxylic acids is 2. The SMILES string of the molecule is CC1(C)Oc2cc(NC(=O)CCC(=O)O)ccc2N(CC#N)C1=O. The van der Waals surface area contributed by atoms with E-state index in [0.29, 0.717) is 17.1 Å². The van der Waals surface area contributed by atoms with Crippen LogP contribution in [0.4, 0.5) is 11.4 Å². The zero-order valence-electron chi connectivity index (χ0n) is 13.3. The molecule has 8 heteroatoms. The molecule has 2 N–H and O–H groups in total. The highest BCUT2D eigenvalue weighted by Crippen LogP contribution is 2.39. The van der Waals surface area contributed by atoms with Crippen LogP contribution in [0, 0.1) is 11.3 Å². The maximum absolute atomic E-state index is 12.3. The number of nitrogens with one attached hydrogen (secondary N) is 1. The van der Waals surface area contributed by atoms with Crippen LogP contribution in [0.5, 0.6) is 5.75 Å². The zero-order valence-corrected chi connectivity index (χ0v) is 13.3. The topological polar surface area (TPSA) is 120 Å². The van der Waals surface area contributed by atoms with Crippen LogP contribution in [-0.2, 0) is 14.4 Å². The van der Waals surface area contributed by atoms with Gasteiger partial charge in [-0.2, -0.15) is 5.26 Å². The number of nitriles is 1. The molecule has 24 heavy (non-hydrogen) atoms. The fourth-order valence-corrected chi connectivity index (χ4v) is 2.32. The average Bonchev–Trinajstić information content (AvgIpc) is 2.49. The van der Waals surface area contributed by atoms with Crippen molar-refractivity contribution >= 4 is 29.2 Å². The van der Waals surface area contributed by atoms with Crippen molar-refractivity contribution in [2.75, 3.05) is 16.8 Å². The van der Waals surface area contributed by atoms with Gasteiger partial charge >= 0.3 is 5.97 Å². The van der Waals surface area contributed by atoms with Gasteiger partial charge in [-0.15, -0.1) is 0 Å². The number of rotatable bonds is 5. The van der Waals surface area contributed by atoms with Crippen LogP contribution in [0.1, 0.15) is 26.7 Å². The third-order valence-corrected chi connectivity index (χ3v) is 3.45. The molecule has 2 rings (SSSR count). The molecular weight excluding hydrogens is 314 g/mol. The molecule has 0 atom stereocenters. The van der Waals surface area contributed by atoms with Gasteiger partial charge < -0.3 is 15.2 Å². The van der Waals surface area contributed by atoms with Crippen molar-refractivity contribution in [1.82, 2.24) is 0 Å². The summed E-state index contributed by atoms with van der Waals surface area (Å²) >= 11 is 0. The highest BCUT2D eigenvalue weighted by Gasteiger charge is 2.40. The Labute approximate surface area is 138 Å². The van der Waals surface area contributed by atoms with Gasteiger partial charge in [0, 0.05) is 18.2 Å². The largest absolute Gasteiger partial charge is 0.481 e. The van der Waals surface area contributed by atoms with Crippen LogP contribution < -0.4 is 15.0 Å². The van der Waals surface area contributed by atoms with Gasteiger partial charge in [-0.05, 0) is 26.0 Å². The highest BCUT2D eigenvalue weighted by atomic mass is 16.5. The van der Waals surface area contributed by atoms with Crippen molar-refractivity contribution < 1.29 is 24.2 Å². The predicted octanol–water partition coefficient (Wildman–Crippen LogP) is 1.52.